The number of ether oxygens (including phenoxy) is 1. The van der Waals surface area contributed by atoms with Crippen molar-refractivity contribution in [1.82, 2.24) is 9.62 Å². The molecule has 1 fully saturated rings. The Labute approximate surface area is 153 Å². The molecule has 0 saturated carbocycles. The molecule has 1 aromatic carbocycles. The van der Waals surface area contributed by atoms with Crippen molar-refractivity contribution in [3.05, 3.63) is 29.8 Å². The van der Waals surface area contributed by atoms with E-state index < -0.39 is 22.6 Å². The van der Waals surface area contributed by atoms with Gasteiger partial charge >= 0.3 is 5.97 Å². The molecule has 1 aliphatic heterocycles. The van der Waals surface area contributed by atoms with Crippen molar-refractivity contribution in [3.63, 3.8) is 0 Å². The third-order valence-corrected chi connectivity index (χ3v) is 5.68. The van der Waals surface area contributed by atoms with Gasteiger partial charge in [0, 0.05) is 24.7 Å². The summed E-state index contributed by atoms with van der Waals surface area (Å²) in [7, 11) is -3.26. The molecule has 1 aromatic rings. The van der Waals surface area contributed by atoms with Crippen LogP contribution in [0.1, 0.15) is 36.5 Å². The molecule has 26 heavy (non-hydrogen) atoms. The maximum atomic E-state index is 12.6. The van der Waals surface area contributed by atoms with Gasteiger partial charge in [0.1, 0.15) is 5.75 Å². The number of likely N-dealkylation sites (tertiary alicyclic amines) is 1. The van der Waals surface area contributed by atoms with Gasteiger partial charge in [-0.2, -0.15) is 0 Å². The second-order valence-electron chi connectivity index (χ2n) is 6.21. The Morgan fingerprint density at radius 3 is 2.62 bits per heavy atom. The fourth-order valence-electron chi connectivity index (χ4n) is 2.83. The quantitative estimate of drug-likeness (QED) is 0.694. The number of carboxylic acids is 1. The molecule has 0 spiro atoms. The maximum Gasteiger partial charge on any atom is 0.341 e. The van der Waals surface area contributed by atoms with Crippen LogP contribution in [0, 0.1) is 0 Å². The molecular weight excluding hydrogens is 360 g/mol. The number of amides is 1. The number of carbonyl (C=O) groups excluding carboxylic acids is 1. The van der Waals surface area contributed by atoms with E-state index in [0.717, 1.165) is 0 Å². The lowest BCUT2D eigenvalue weighted by atomic mass is 10.0. The van der Waals surface area contributed by atoms with Crippen LogP contribution in [0.3, 0.4) is 0 Å². The van der Waals surface area contributed by atoms with Crippen molar-refractivity contribution >= 4 is 21.9 Å². The first-order valence-corrected chi connectivity index (χ1v) is 10.2. The SMILES string of the molecule is CCCS(=O)(=O)NC1CCN(C(=O)c2cccc(OCC(=O)O)c2)CC1. The predicted molar refractivity (Wildman–Crippen MR) is 95.7 cm³/mol. The molecule has 2 rings (SSSR count). The molecule has 1 aliphatic rings. The van der Waals surface area contributed by atoms with Crippen LogP contribution in [0.15, 0.2) is 24.3 Å². The van der Waals surface area contributed by atoms with Crippen LogP contribution in [0.5, 0.6) is 5.75 Å². The molecule has 0 unspecified atom stereocenters. The zero-order chi connectivity index (χ0) is 19.2. The van der Waals surface area contributed by atoms with Crippen molar-refractivity contribution in [2.75, 3.05) is 25.4 Å². The van der Waals surface area contributed by atoms with Gasteiger partial charge in [-0.25, -0.2) is 17.9 Å². The number of carboxylic acid groups (broad SMARTS) is 1. The van der Waals surface area contributed by atoms with E-state index in [1.54, 1.807) is 23.1 Å². The standard InChI is InChI=1S/C17H24N2O6S/c1-2-10-26(23,24)18-14-6-8-19(9-7-14)17(22)13-4-3-5-15(11-13)25-12-16(20)21/h3-5,11,14,18H,2,6-10,12H2,1H3,(H,20,21). The van der Waals surface area contributed by atoms with Crippen molar-refractivity contribution in [1.29, 1.82) is 0 Å². The lowest BCUT2D eigenvalue weighted by Gasteiger charge is -2.32. The number of hydrogen-bond donors (Lipinski definition) is 2. The van der Waals surface area contributed by atoms with E-state index in [1.165, 1.54) is 6.07 Å². The lowest BCUT2D eigenvalue weighted by molar-refractivity contribution is -0.139. The van der Waals surface area contributed by atoms with E-state index in [2.05, 4.69) is 4.72 Å². The van der Waals surface area contributed by atoms with Crippen LogP contribution in [-0.4, -0.2) is 61.8 Å². The van der Waals surface area contributed by atoms with E-state index in [4.69, 9.17) is 9.84 Å². The molecule has 0 aromatic heterocycles. The smallest absolute Gasteiger partial charge is 0.341 e. The van der Waals surface area contributed by atoms with Gasteiger partial charge in [-0.05, 0) is 37.5 Å². The predicted octanol–water partition coefficient (Wildman–Crippen LogP) is 1.08. The van der Waals surface area contributed by atoms with Crippen LogP contribution in [0.4, 0.5) is 0 Å². The molecule has 0 atom stereocenters. The summed E-state index contributed by atoms with van der Waals surface area (Å²) < 4.78 is 31.5. The zero-order valence-electron chi connectivity index (χ0n) is 14.7. The molecule has 1 heterocycles. The van der Waals surface area contributed by atoms with Crippen molar-refractivity contribution < 1.29 is 27.9 Å². The van der Waals surface area contributed by atoms with Crippen LogP contribution in [0.2, 0.25) is 0 Å². The minimum absolute atomic E-state index is 0.106. The minimum atomic E-state index is -3.26. The Morgan fingerprint density at radius 2 is 2.00 bits per heavy atom. The summed E-state index contributed by atoms with van der Waals surface area (Å²) in [6, 6.07) is 6.23. The Hall–Kier alpha value is -2.13. The van der Waals surface area contributed by atoms with Gasteiger partial charge in [0.05, 0.1) is 5.75 Å². The van der Waals surface area contributed by atoms with Crippen LogP contribution < -0.4 is 9.46 Å². The van der Waals surface area contributed by atoms with Gasteiger partial charge in [0.25, 0.3) is 5.91 Å². The first kappa shape index (κ1) is 20.2. The van der Waals surface area contributed by atoms with Gasteiger partial charge in [-0.1, -0.05) is 13.0 Å². The number of aliphatic carboxylic acids is 1. The normalized spacial score (nSPS) is 15.7. The molecule has 1 amide bonds. The van der Waals surface area contributed by atoms with E-state index in [0.29, 0.717) is 43.7 Å². The Kier molecular flexibility index (Phi) is 6.98. The number of nitrogens with zero attached hydrogens (tertiary/aromatic N) is 1. The summed E-state index contributed by atoms with van der Waals surface area (Å²) in [4.78, 5) is 24.8. The maximum absolute atomic E-state index is 12.6. The molecule has 8 nitrogen and oxygen atoms in total. The summed E-state index contributed by atoms with van der Waals surface area (Å²) >= 11 is 0. The summed E-state index contributed by atoms with van der Waals surface area (Å²) in [5, 5.41) is 8.65. The highest BCUT2D eigenvalue weighted by atomic mass is 32.2. The average Bonchev–Trinajstić information content (AvgIpc) is 2.60. The molecule has 0 bridgehead atoms. The van der Waals surface area contributed by atoms with E-state index in [1.807, 2.05) is 6.92 Å². The number of carbonyl (C=O) groups is 2. The highest BCUT2D eigenvalue weighted by Crippen LogP contribution is 2.18. The first-order valence-electron chi connectivity index (χ1n) is 8.54. The molecule has 144 valence electrons. The van der Waals surface area contributed by atoms with Crippen molar-refractivity contribution in [2.24, 2.45) is 0 Å². The summed E-state index contributed by atoms with van der Waals surface area (Å²) in [6.45, 7) is 2.26. The number of rotatable bonds is 8. The number of hydrogen-bond acceptors (Lipinski definition) is 5. The summed E-state index contributed by atoms with van der Waals surface area (Å²) in [6.07, 6.45) is 1.68. The Balaban J connectivity index is 1.92. The molecule has 0 aliphatic carbocycles. The second kappa shape index (κ2) is 9.00. The van der Waals surface area contributed by atoms with E-state index in [-0.39, 0.29) is 17.7 Å². The largest absolute Gasteiger partial charge is 0.482 e. The monoisotopic (exact) mass is 384 g/mol. The molecular formula is C17H24N2O6S. The Morgan fingerprint density at radius 1 is 1.31 bits per heavy atom. The van der Waals surface area contributed by atoms with Crippen molar-refractivity contribution in [2.45, 2.75) is 32.2 Å². The third kappa shape index (κ3) is 5.99. The Bertz CT molecular complexity index is 741. The topological polar surface area (TPSA) is 113 Å². The van der Waals surface area contributed by atoms with Gasteiger partial charge in [-0.3, -0.25) is 4.79 Å². The third-order valence-electron chi connectivity index (χ3n) is 4.04. The molecule has 0 radical (unpaired) electrons. The van der Waals surface area contributed by atoms with E-state index >= 15 is 0 Å². The highest BCUT2D eigenvalue weighted by Gasteiger charge is 2.26. The van der Waals surface area contributed by atoms with Gasteiger partial charge in [0.2, 0.25) is 10.0 Å². The van der Waals surface area contributed by atoms with Gasteiger partial charge in [-0.15, -0.1) is 0 Å². The van der Waals surface area contributed by atoms with Crippen LogP contribution in [0.25, 0.3) is 0 Å². The zero-order valence-corrected chi connectivity index (χ0v) is 15.5. The average molecular weight is 384 g/mol. The number of nitrogens with one attached hydrogen (secondary N) is 1. The number of sulfonamides is 1. The van der Waals surface area contributed by atoms with Crippen LogP contribution in [-0.2, 0) is 14.8 Å². The van der Waals surface area contributed by atoms with Gasteiger partial charge in [0.15, 0.2) is 6.61 Å². The lowest BCUT2D eigenvalue weighted by Crippen LogP contribution is -2.46. The fourth-order valence-corrected chi connectivity index (χ4v) is 4.23. The highest BCUT2D eigenvalue weighted by molar-refractivity contribution is 7.89. The second-order valence-corrected chi connectivity index (χ2v) is 8.09. The molecule has 9 heteroatoms. The number of benzene rings is 1. The summed E-state index contributed by atoms with van der Waals surface area (Å²) in [5.41, 5.74) is 0.415. The summed E-state index contributed by atoms with van der Waals surface area (Å²) in [5.74, 6) is -0.842. The van der Waals surface area contributed by atoms with Gasteiger partial charge < -0.3 is 14.7 Å². The van der Waals surface area contributed by atoms with Crippen molar-refractivity contribution in [3.8, 4) is 5.75 Å². The van der Waals surface area contributed by atoms with Crippen LogP contribution >= 0.6 is 0 Å². The number of piperidine rings is 1. The first-order chi connectivity index (χ1) is 12.3. The molecule has 2 N–H and O–H groups in total. The minimum Gasteiger partial charge on any atom is -0.482 e. The molecule has 1 saturated heterocycles. The fraction of sp³-hybridized carbons (Fsp3) is 0.529. The van der Waals surface area contributed by atoms with E-state index in [9.17, 15) is 18.0 Å².